The second-order valence-corrected chi connectivity index (χ2v) is 3.13. The predicted molar refractivity (Wildman–Crippen MR) is 39.7 cm³/mol. The van der Waals surface area contributed by atoms with Gasteiger partial charge < -0.3 is 5.73 Å². The van der Waals surface area contributed by atoms with Crippen molar-refractivity contribution in [3.05, 3.63) is 0 Å². The summed E-state index contributed by atoms with van der Waals surface area (Å²) in [6, 6.07) is -0.417. The van der Waals surface area contributed by atoms with E-state index in [2.05, 4.69) is 0 Å². The zero-order chi connectivity index (χ0) is 9.30. The summed E-state index contributed by atoms with van der Waals surface area (Å²) in [4.78, 5) is 12.3. The molecule has 0 saturated carbocycles. The van der Waals surface area contributed by atoms with Gasteiger partial charge in [0.1, 0.15) is 0 Å². The minimum absolute atomic E-state index is 0.280. The lowest BCUT2D eigenvalue weighted by atomic mass is 9.98. The molecule has 12 heavy (non-hydrogen) atoms. The number of nitrogens with two attached hydrogens (primary N) is 1. The van der Waals surface area contributed by atoms with Gasteiger partial charge in [-0.3, -0.25) is 9.69 Å². The van der Waals surface area contributed by atoms with Gasteiger partial charge in [-0.25, -0.2) is 8.78 Å². The Bertz CT molecular complexity index is 180. The minimum atomic E-state index is -2.28. The lowest BCUT2D eigenvalue weighted by Gasteiger charge is -2.41. The molecule has 1 saturated heterocycles. The Labute approximate surface area is 69.5 Å². The number of hydrogen-bond acceptors (Lipinski definition) is 2. The van der Waals surface area contributed by atoms with Crippen molar-refractivity contribution < 1.29 is 13.6 Å². The van der Waals surface area contributed by atoms with Crippen molar-refractivity contribution in [2.24, 2.45) is 11.7 Å². The van der Waals surface area contributed by atoms with Crippen LogP contribution in [-0.2, 0) is 4.79 Å². The Morgan fingerprint density at radius 2 is 2.08 bits per heavy atom. The Hall–Kier alpha value is -0.710. The largest absolute Gasteiger partial charge is 0.368 e. The highest BCUT2D eigenvalue weighted by molar-refractivity contribution is 5.79. The number of halogens is 2. The molecule has 0 radical (unpaired) electrons. The normalized spacial score (nSPS) is 22.3. The Balaban J connectivity index is 2.29. The summed E-state index contributed by atoms with van der Waals surface area (Å²) < 4.78 is 23.9. The Kier molecular flexibility index (Phi) is 2.62. The van der Waals surface area contributed by atoms with Gasteiger partial charge in [-0.1, -0.05) is 0 Å². The number of carbonyl (C=O) groups is 1. The molecule has 0 bridgehead atoms. The maximum atomic E-state index is 12.0. The monoisotopic (exact) mass is 178 g/mol. The van der Waals surface area contributed by atoms with E-state index in [0.717, 1.165) is 0 Å². The molecule has 0 spiro atoms. The number of likely N-dealkylation sites (tertiary alicyclic amines) is 1. The molecule has 1 fully saturated rings. The molecule has 0 aromatic rings. The lowest BCUT2D eigenvalue weighted by Crippen LogP contribution is -2.57. The average Bonchev–Trinajstić information content (AvgIpc) is 1.82. The summed E-state index contributed by atoms with van der Waals surface area (Å²) >= 11 is 0. The van der Waals surface area contributed by atoms with Crippen LogP contribution in [0.3, 0.4) is 0 Å². The van der Waals surface area contributed by atoms with Gasteiger partial charge in [0.25, 0.3) is 0 Å². The van der Waals surface area contributed by atoms with Crippen molar-refractivity contribution in [2.75, 3.05) is 13.1 Å². The molecule has 1 unspecified atom stereocenters. The van der Waals surface area contributed by atoms with E-state index in [9.17, 15) is 13.6 Å². The van der Waals surface area contributed by atoms with E-state index in [1.54, 1.807) is 11.8 Å². The fourth-order valence-electron chi connectivity index (χ4n) is 1.20. The average molecular weight is 178 g/mol. The molecule has 70 valence electrons. The highest BCUT2D eigenvalue weighted by Crippen LogP contribution is 2.23. The van der Waals surface area contributed by atoms with Crippen molar-refractivity contribution in [1.82, 2.24) is 4.90 Å². The van der Waals surface area contributed by atoms with Crippen molar-refractivity contribution in [3.63, 3.8) is 0 Å². The van der Waals surface area contributed by atoms with Gasteiger partial charge >= 0.3 is 0 Å². The number of hydrogen-bond donors (Lipinski definition) is 1. The van der Waals surface area contributed by atoms with Gasteiger partial charge in [0.2, 0.25) is 12.3 Å². The van der Waals surface area contributed by atoms with E-state index in [0.29, 0.717) is 0 Å². The number of nitrogens with zero attached hydrogens (tertiary/aromatic N) is 1. The van der Waals surface area contributed by atoms with Crippen LogP contribution >= 0.6 is 0 Å². The summed E-state index contributed by atoms with van der Waals surface area (Å²) in [5.41, 5.74) is 5.00. The second kappa shape index (κ2) is 3.35. The van der Waals surface area contributed by atoms with Gasteiger partial charge in [0, 0.05) is 19.0 Å². The number of alkyl halides is 2. The summed E-state index contributed by atoms with van der Waals surface area (Å²) in [6.45, 7) is 2.19. The third-order valence-electron chi connectivity index (χ3n) is 2.25. The molecule has 1 heterocycles. The van der Waals surface area contributed by atoms with Crippen molar-refractivity contribution in [3.8, 4) is 0 Å². The van der Waals surface area contributed by atoms with E-state index in [1.165, 1.54) is 0 Å². The lowest BCUT2D eigenvalue weighted by molar-refractivity contribution is -0.127. The molecule has 1 aliphatic rings. The number of amides is 1. The van der Waals surface area contributed by atoms with Gasteiger partial charge in [0.15, 0.2) is 0 Å². The van der Waals surface area contributed by atoms with Gasteiger partial charge in [-0.15, -0.1) is 0 Å². The van der Waals surface area contributed by atoms with Crippen LogP contribution in [0.2, 0.25) is 0 Å². The highest BCUT2D eigenvalue weighted by Gasteiger charge is 2.37. The first-order valence-electron chi connectivity index (χ1n) is 3.84. The fraction of sp³-hybridized carbons (Fsp3) is 0.857. The van der Waals surface area contributed by atoms with E-state index >= 15 is 0 Å². The van der Waals surface area contributed by atoms with Crippen LogP contribution in [0.15, 0.2) is 0 Å². The predicted octanol–water partition coefficient (Wildman–Crippen LogP) is 0.0571. The topological polar surface area (TPSA) is 46.3 Å². The van der Waals surface area contributed by atoms with Crippen LogP contribution in [0.4, 0.5) is 8.78 Å². The molecular weight excluding hydrogens is 166 g/mol. The molecule has 1 rings (SSSR count). The summed E-state index contributed by atoms with van der Waals surface area (Å²) in [5.74, 6) is -1.03. The first-order chi connectivity index (χ1) is 5.52. The molecule has 3 nitrogen and oxygen atoms in total. The number of carbonyl (C=O) groups excluding carboxylic acids is 1. The fourth-order valence-corrected chi connectivity index (χ4v) is 1.20. The van der Waals surface area contributed by atoms with E-state index in [4.69, 9.17) is 5.73 Å². The molecular formula is C7H12F2N2O. The van der Waals surface area contributed by atoms with Gasteiger partial charge in [0.05, 0.1) is 6.04 Å². The number of primary amides is 1. The minimum Gasteiger partial charge on any atom is -0.368 e. The Morgan fingerprint density at radius 1 is 1.58 bits per heavy atom. The van der Waals surface area contributed by atoms with E-state index in [1.807, 2.05) is 0 Å². The van der Waals surface area contributed by atoms with Crippen LogP contribution in [0.25, 0.3) is 0 Å². The molecule has 0 aromatic carbocycles. The standard InChI is InChI=1S/C7H12F2N2O/c1-4(7(10)12)11-2-5(3-11)6(8)9/h4-6H,2-3H2,1H3,(H2,10,12). The third-order valence-corrected chi connectivity index (χ3v) is 2.25. The van der Waals surface area contributed by atoms with E-state index < -0.39 is 24.3 Å². The SMILES string of the molecule is CC(C(N)=O)N1CC(C(F)F)C1. The molecule has 0 aromatic heterocycles. The van der Waals surface area contributed by atoms with Crippen LogP contribution in [0, 0.1) is 5.92 Å². The van der Waals surface area contributed by atoms with Gasteiger partial charge in [-0.2, -0.15) is 0 Å². The highest BCUT2D eigenvalue weighted by atomic mass is 19.3. The molecule has 5 heteroatoms. The molecule has 2 N–H and O–H groups in total. The summed E-state index contributed by atoms with van der Waals surface area (Å²) in [6.07, 6.45) is -2.28. The molecule has 1 amide bonds. The molecule has 0 aliphatic carbocycles. The summed E-state index contributed by atoms with van der Waals surface area (Å²) in [5, 5.41) is 0. The smallest absolute Gasteiger partial charge is 0.243 e. The van der Waals surface area contributed by atoms with E-state index in [-0.39, 0.29) is 13.1 Å². The second-order valence-electron chi connectivity index (χ2n) is 3.13. The summed E-state index contributed by atoms with van der Waals surface area (Å²) in [7, 11) is 0. The van der Waals surface area contributed by atoms with Gasteiger partial charge in [-0.05, 0) is 6.92 Å². The van der Waals surface area contributed by atoms with Crippen LogP contribution in [0.1, 0.15) is 6.92 Å². The quantitative estimate of drug-likeness (QED) is 0.664. The maximum absolute atomic E-state index is 12.0. The molecule has 1 atom stereocenters. The third kappa shape index (κ3) is 1.72. The van der Waals surface area contributed by atoms with Crippen molar-refractivity contribution in [1.29, 1.82) is 0 Å². The van der Waals surface area contributed by atoms with Crippen LogP contribution in [-0.4, -0.2) is 36.4 Å². The zero-order valence-electron chi connectivity index (χ0n) is 6.84. The van der Waals surface area contributed by atoms with Crippen LogP contribution < -0.4 is 5.73 Å². The van der Waals surface area contributed by atoms with Crippen molar-refractivity contribution in [2.45, 2.75) is 19.4 Å². The first-order valence-corrected chi connectivity index (χ1v) is 3.84. The maximum Gasteiger partial charge on any atom is 0.243 e. The zero-order valence-corrected chi connectivity index (χ0v) is 6.84. The first kappa shape index (κ1) is 9.38. The Morgan fingerprint density at radius 3 is 2.42 bits per heavy atom. The van der Waals surface area contributed by atoms with Crippen molar-refractivity contribution >= 4 is 5.91 Å². The number of rotatable bonds is 3. The van der Waals surface area contributed by atoms with Crippen LogP contribution in [0.5, 0.6) is 0 Å². The molecule has 1 aliphatic heterocycles.